The Morgan fingerprint density at radius 1 is 1.20 bits per heavy atom. The Morgan fingerprint density at radius 2 is 1.96 bits per heavy atom. The molecule has 1 heterocycles. The quantitative estimate of drug-likeness (QED) is 0.712. The van der Waals surface area contributed by atoms with Gasteiger partial charge in [-0.25, -0.2) is 13.6 Å². The normalized spacial score (nSPS) is 11.6. The lowest BCUT2D eigenvalue weighted by Crippen LogP contribution is -2.15. The molecule has 2 aromatic carbocycles. The van der Waals surface area contributed by atoms with Gasteiger partial charge in [-0.3, -0.25) is 4.79 Å². The van der Waals surface area contributed by atoms with Crippen molar-refractivity contribution >= 4 is 44.3 Å². The van der Waals surface area contributed by atoms with Crippen LogP contribution >= 0.6 is 11.8 Å². The number of thioether (sulfide) groups is 1. The first-order valence-corrected chi connectivity index (χ1v) is 10.3. The summed E-state index contributed by atoms with van der Waals surface area (Å²) in [5.41, 5.74) is 1.77. The topological polar surface area (TPSA) is 102 Å². The number of sulfonamides is 1. The number of carbonyl (C=O) groups is 1. The van der Waals surface area contributed by atoms with E-state index in [1.807, 2.05) is 24.5 Å². The number of amides is 1. The van der Waals surface area contributed by atoms with Crippen LogP contribution in [0.3, 0.4) is 0 Å². The third-order valence-electron chi connectivity index (χ3n) is 3.61. The molecule has 8 heteroatoms. The summed E-state index contributed by atoms with van der Waals surface area (Å²) in [6.07, 6.45) is 1.94. The Bertz CT molecular complexity index is 1040. The number of primary sulfonamides is 1. The molecule has 130 valence electrons. The molecule has 0 aliphatic rings. The van der Waals surface area contributed by atoms with Crippen LogP contribution in [0.5, 0.6) is 0 Å². The summed E-state index contributed by atoms with van der Waals surface area (Å²) >= 11 is 1.58. The van der Waals surface area contributed by atoms with Gasteiger partial charge in [-0.2, -0.15) is 11.8 Å². The maximum Gasteiger partial charge on any atom is 0.291 e. The molecule has 0 saturated carbocycles. The first-order chi connectivity index (χ1) is 11.9. The minimum atomic E-state index is -3.84. The number of nitrogens with one attached hydrogen (secondary N) is 1. The van der Waals surface area contributed by atoms with E-state index in [0.717, 1.165) is 10.9 Å². The van der Waals surface area contributed by atoms with Gasteiger partial charge in [0.1, 0.15) is 5.58 Å². The molecule has 1 amide bonds. The van der Waals surface area contributed by atoms with E-state index in [4.69, 9.17) is 9.56 Å². The standard InChI is InChI=1S/C17H16N2O4S2/c1-24-10-14-13-7-2-3-8-15(13)23-16(14)17(20)19-11-5-4-6-12(9-11)25(18,21)22/h2-9H,10H2,1H3,(H,19,20)(H2,18,21,22). The summed E-state index contributed by atoms with van der Waals surface area (Å²) in [5.74, 6) is 0.403. The van der Waals surface area contributed by atoms with E-state index in [9.17, 15) is 13.2 Å². The Hall–Kier alpha value is -2.29. The SMILES string of the molecule is CSCc1c(C(=O)Nc2cccc(S(N)(=O)=O)c2)oc2ccccc12. The molecule has 25 heavy (non-hydrogen) atoms. The number of hydrogen-bond acceptors (Lipinski definition) is 5. The average molecular weight is 376 g/mol. The van der Waals surface area contributed by atoms with Gasteiger partial charge in [-0.05, 0) is 30.5 Å². The summed E-state index contributed by atoms with van der Waals surface area (Å²) in [6.45, 7) is 0. The maximum atomic E-state index is 12.6. The molecule has 0 aliphatic heterocycles. The van der Waals surface area contributed by atoms with Crippen molar-refractivity contribution in [2.24, 2.45) is 5.14 Å². The van der Waals surface area contributed by atoms with Crippen molar-refractivity contribution in [1.82, 2.24) is 0 Å². The van der Waals surface area contributed by atoms with Gasteiger partial charge >= 0.3 is 0 Å². The number of fused-ring (bicyclic) bond motifs is 1. The van der Waals surface area contributed by atoms with Gasteiger partial charge in [0.25, 0.3) is 5.91 Å². The number of furan rings is 1. The fourth-order valence-electron chi connectivity index (χ4n) is 2.51. The minimum Gasteiger partial charge on any atom is -0.451 e. The van der Waals surface area contributed by atoms with Gasteiger partial charge in [-0.15, -0.1) is 0 Å². The molecule has 0 unspecified atom stereocenters. The van der Waals surface area contributed by atoms with Crippen LogP contribution in [0.25, 0.3) is 11.0 Å². The molecule has 0 bridgehead atoms. The monoisotopic (exact) mass is 376 g/mol. The summed E-state index contributed by atoms with van der Waals surface area (Å²) in [6, 6.07) is 13.2. The highest BCUT2D eigenvalue weighted by Crippen LogP contribution is 2.29. The van der Waals surface area contributed by atoms with E-state index >= 15 is 0 Å². The summed E-state index contributed by atoms with van der Waals surface area (Å²) in [5, 5.41) is 8.68. The second-order valence-corrected chi connectivity index (χ2v) is 7.79. The number of nitrogens with two attached hydrogens (primary N) is 1. The zero-order chi connectivity index (χ0) is 18.0. The lowest BCUT2D eigenvalue weighted by molar-refractivity contribution is 0.0998. The van der Waals surface area contributed by atoms with Crippen molar-refractivity contribution < 1.29 is 17.6 Å². The van der Waals surface area contributed by atoms with Crippen molar-refractivity contribution in [3.05, 3.63) is 59.9 Å². The second kappa shape index (κ2) is 6.91. The Kier molecular flexibility index (Phi) is 4.85. The van der Waals surface area contributed by atoms with Gasteiger partial charge < -0.3 is 9.73 Å². The van der Waals surface area contributed by atoms with E-state index in [1.54, 1.807) is 23.9 Å². The average Bonchev–Trinajstić information content (AvgIpc) is 2.94. The van der Waals surface area contributed by atoms with Crippen molar-refractivity contribution in [1.29, 1.82) is 0 Å². The number of anilines is 1. The van der Waals surface area contributed by atoms with Crippen molar-refractivity contribution in [3.8, 4) is 0 Å². The van der Waals surface area contributed by atoms with Crippen LogP contribution in [0.1, 0.15) is 16.1 Å². The van der Waals surface area contributed by atoms with Crippen LogP contribution in [0.2, 0.25) is 0 Å². The number of rotatable bonds is 5. The van der Waals surface area contributed by atoms with E-state index in [2.05, 4.69) is 5.32 Å². The molecular formula is C17H16N2O4S2. The van der Waals surface area contributed by atoms with E-state index < -0.39 is 15.9 Å². The summed E-state index contributed by atoms with van der Waals surface area (Å²) < 4.78 is 28.6. The number of benzene rings is 2. The number of para-hydroxylation sites is 1. The van der Waals surface area contributed by atoms with Gasteiger partial charge in [0.15, 0.2) is 5.76 Å². The third kappa shape index (κ3) is 3.71. The largest absolute Gasteiger partial charge is 0.451 e. The van der Waals surface area contributed by atoms with Crippen molar-refractivity contribution in [2.45, 2.75) is 10.6 Å². The number of carbonyl (C=O) groups excluding carboxylic acids is 1. The first-order valence-electron chi connectivity index (χ1n) is 7.33. The van der Waals surface area contributed by atoms with Crippen LogP contribution in [0, 0.1) is 0 Å². The van der Waals surface area contributed by atoms with Gasteiger partial charge in [-0.1, -0.05) is 24.3 Å². The van der Waals surface area contributed by atoms with E-state index in [0.29, 0.717) is 17.0 Å². The van der Waals surface area contributed by atoms with Crippen molar-refractivity contribution in [3.63, 3.8) is 0 Å². The molecule has 0 aliphatic carbocycles. The molecule has 6 nitrogen and oxygen atoms in total. The first kappa shape index (κ1) is 17.5. The molecule has 0 radical (unpaired) electrons. The molecule has 1 aromatic heterocycles. The number of hydrogen-bond donors (Lipinski definition) is 2. The third-order valence-corrected chi connectivity index (χ3v) is 5.10. The van der Waals surface area contributed by atoms with Gasteiger partial charge in [0.2, 0.25) is 10.0 Å². The zero-order valence-corrected chi connectivity index (χ0v) is 15.0. The van der Waals surface area contributed by atoms with Crippen LogP contribution in [0.4, 0.5) is 5.69 Å². The van der Waals surface area contributed by atoms with Crippen LogP contribution < -0.4 is 10.5 Å². The molecular weight excluding hydrogens is 360 g/mol. The molecule has 3 aromatic rings. The predicted molar refractivity (Wildman–Crippen MR) is 99.2 cm³/mol. The lowest BCUT2D eigenvalue weighted by Gasteiger charge is -2.06. The molecule has 0 atom stereocenters. The van der Waals surface area contributed by atoms with Gasteiger partial charge in [0.05, 0.1) is 4.90 Å². The van der Waals surface area contributed by atoms with Crippen molar-refractivity contribution in [2.75, 3.05) is 11.6 Å². The smallest absolute Gasteiger partial charge is 0.291 e. The van der Waals surface area contributed by atoms with Crippen LogP contribution in [0.15, 0.2) is 57.8 Å². The summed E-state index contributed by atoms with van der Waals surface area (Å²) in [7, 11) is -3.84. The highest BCUT2D eigenvalue weighted by atomic mass is 32.2. The molecule has 0 fully saturated rings. The predicted octanol–water partition coefficient (Wildman–Crippen LogP) is 3.20. The van der Waals surface area contributed by atoms with E-state index in [-0.39, 0.29) is 10.7 Å². The Labute approximate surface area is 149 Å². The maximum absolute atomic E-state index is 12.6. The molecule has 3 rings (SSSR count). The van der Waals surface area contributed by atoms with Crippen LogP contribution in [-0.2, 0) is 15.8 Å². The van der Waals surface area contributed by atoms with E-state index in [1.165, 1.54) is 18.2 Å². The summed E-state index contributed by atoms with van der Waals surface area (Å²) in [4.78, 5) is 12.6. The highest BCUT2D eigenvalue weighted by molar-refractivity contribution is 7.97. The molecule has 3 N–H and O–H groups in total. The van der Waals surface area contributed by atoms with Crippen LogP contribution in [-0.4, -0.2) is 20.6 Å². The fraction of sp³-hybridized carbons (Fsp3) is 0.118. The highest BCUT2D eigenvalue weighted by Gasteiger charge is 2.20. The Morgan fingerprint density at radius 3 is 2.68 bits per heavy atom. The minimum absolute atomic E-state index is 0.0701. The fourth-order valence-corrected chi connectivity index (χ4v) is 3.64. The second-order valence-electron chi connectivity index (χ2n) is 5.37. The zero-order valence-electron chi connectivity index (χ0n) is 13.4. The molecule has 0 saturated heterocycles. The lowest BCUT2D eigenvalue weighted by atomic mass is 10.1. The molecule has 0 spiro atoms. The Balaban J connectivity index is 1.97. The van der Waals surface area contributed by atoms with Gasteiger partial charge in [0, 0.05) is 22.4 Å².